The molecule has 2 N–H and O–H groups in total. The largest absolute Gasteiger partial charge is 0.496 e. The van der Waals surface area contributed by atoms with E-state index in [2.05, 4.69) is 4.98 Å². The number of anilines is 2. The van der Waals surface area contributed by atoms with Crippen LogP contribution in [-0.2, 0) is 4.79 Å². The number of benzene rings is 2. The molecule has 204 valence electrons. The third kappa shape index (κ3) is 4.87. The first-order valence-electron chi connectivity index (χ1n) is 12.6. The van der Waals surface area contributed by atoms with Crippen LogP contribution in [0.15, 0.2) is 47.7 Å². The van der Waals surface area contributed by atoms with Crippen LogP contribution in [-0.4, -0.2) is 47.8 Å². The van der Waals surface area contributed by atoms with Gasteiger partial charge in [-0.1, -0.05) is 23.2 Å². The van der Waals surface area contributed by atoms with Crippen LogP contribution >= 0.6 is 23.2 Å². The molecule has 0 saturated heterocycles. The molecule has 2 aliphatic rings. The van der Waals surface area contributed by atoms with Crippen molar-refractivity contribution in [3.63, 3.8) is 0 Å². The number of carbonyl (C=O) groups is 1. The average molecular weight is 569 g/mol. The van der Waals surface area contributed by atoms with Crippen molar-refractivity contribution >= 4 is 46.3 Å². The van der Waals surface area contributed by atoms with Crippen molar-refractivity contribution < 1.29 is 14.3 Å². The summed E-state index contributed by atoms with van der Waals surface area (Å²) < 4.78 is 12.0. The van der Waals surface area contributed by atoms with Gasteiger partial charge in [0.05, 0.1) is 31.4 Å². The van der Waals surface area contributed by atoms with Crippen LogP contribution in [0.25, 0.3) is 11.1 Å². The van der Waals surface area contributed by atoms with Crippen LogP contribution in [0.4, 0.5) is 11.5 Å². The summed E-state index contributed by atoms with van der Waals surface area (Å²) in [6, 6.07) is 10.8. The maximum atomic E-state index is 13.7. The van der Waals surface area contributed by atoms with Crippen molar-refractivity contribution in [2.45, 2.75) is 39.3 Å². The summed E-state index contributed by atoms with van der Waals surface area (Å²) in [6.45, 7) is 8.14. The summed E-state index contributed by atoms with van der Waals surface area (Å²) in [5.74, 6) is 1.27. The van der Waals surface area contributed by atoms with Gasteiger partial charge in [0, 0.05) is 51.6 Å². The molecule has 0 spiro atoms. The predicted molar refractivity (Wildman–Crippen MR) is 156 cm³/mol. The summed E-state index contributed by atoms with van der Waals surface area (Å²) in [5.41, 5.74) is 10.1. The Morgan fingerprint density at radius 1 is 1.15 bits per heavy atom. The molecule has 5 rings (SSSR count). The van der Waals surface area contributed by atoms with Crippen molar-refractivity contribution in [3.8, 4) is 22.6 Å². The lowest BCUT2D eigenvalue weighted by atomic mass is 9.85. The molecule has 3 aromatic rings. The summed E-state index contributed by atoms with van der Waals surface area (Å²) in [6.07, 6.45) is 1.72. The lowest BCUT2D eigenvalue weighted by molar-refractivity contribution is -0.127. The average Bonchev–Trinajstić information content (AvgIpc) is 3.27. The topological polar surface area (TPSA) is 93.3 Å². The van der Waals surface area contributed by atoms with Crippen LogP contribution in [0.3, 0.4) is 0 Å². The van der Waals surface area contributed by atoms with Gasteiger partial charge in [0.25, 0.3) is 5.91 Å². The van der Waals surface area contributed by atoms with Crippen LogP contribution < -0.4 is 20.2 Å². The zero-order valence-corrected chi connectivity index (χ0v) is 24.3. The van der Waals surface area contributed by atoms with E-state index in [0.29, 0.717) is 38.8 Å². The number of halogens is 2. The zero-order chi connectivity index (χ0) is 28.2. The molecular weight excluding hydrogens is 537 g/mol. The van der Waals surface area contributed by atoms with Gasteiger partial charge < -0.3 is 20.1 Å². The molecule has 2 aromatic carbocycles. The number of hydrogen-bond donors (Lipinski definition) is 1. The van der Waals surface area contributed by atoms with Crippen LogP contribution in [0.2, 0.25) is 10.0 Å². The highest BCUT2D eigenvalue weighted by atomic mass is 35.5. The highest BCUT2D eigenvalue weighted by Gasteiger charge is 2.48. The fraction of sp³-hybridized carbons (Fsp3) is 0.345. The molecule has 2 unspecified atom stereocenters. The first-order valence-corrected chi connectivity index (χ1v) is 13.3. The standard InChI is InChI=1S/C29H31Cl2N5O3/c1-15-7-16(13-33-27(15)32)20-11-21-24(12-23(20)38-6)39-14-22-25(28(37)35(5)29(2,3)4)34-36(26(21)22)19-9-17(30)8-18(31)10-19/h7-13,22,26H,14H2,1-6H3,(H2,32,33). The second-order valence-electron chi connectivity index (χ2n) is 10.9. The van der Waals surface area contributed by atoms with Crippen LogP contribution in [0.5, 0.6) is 11.5 Å². The molecule has 0 bridgehead atoms. The van der Waals surface area contributed by atoms with Gasteiger partial charge in [-0.25, -0.2) is 4.98 Å². The van der Waals surface area contributed by atoms with Crippen molar-refractivity contribution in [2.75, 3.05) is 31.5 Å². The molecule has 1 aromatic heterocycles. The molecule has 1 amide bonds. The number of hydrazone groups is 1. The van der Waals surface area contributed by atoms with Gasteiger partial charge in [0.1, 0.15) is 23.0 Å². The lowest BCUT2D eigenvalue weighted by Crippen LogP contribution is -2.48. The SMILES string of the molecule is COc1cc2c(cc1-c1cnc(N)c(C)c1)C1C(CO2)C(C(=O)N(C)C(C)(C)C)=NN1c1cc(Cl)cc(Cl)c1. The minimum Gasteiger partial charge on any atom is -0.496 e. The van der Waals surface area contributed by atoms with Crippen molar-refractivity contribution in [2.24, 2.45) is 11.0 Å². The van der Waals surface area contributed by atoms with Gasteiger partial charge in [-0.05, 0) is 63.6 Å². The quantitative estimate of drug-likeness (QED) is 0.407. The van der Waals surface area contributed by atoms with Crippen molar-refractivity contribution in [3.05, 3.63) is 63.8 Å². The Kier molecular flexibility index (Phi) is 6.89. The molecule has 10 heteroatoms. The Morgan fingerprint density at radius 2 is 1.85 bits per heavy atom. The number of carbonyl (C=O) groups excluding carboxylic acids is 1. The van der Waals surface area contributed by atoms with Crippen LogP contribution in [0.1, 0.15) is 37.9 Å². The first kappa shape index (κ1) is 27.1. The van der Waals surface area contributed by atoms with Crippen LogP contribution in [0, 0.1) is 12.8 Å². The molecule has 2 aliphatic heterocycles. The number of methoxy groups -OCH3 is 1. The summed E-state index contributed by atoms with van der Waals surface area (Å²) >= 11 is 12.8. The van der Waals surface area contributed by atoms with E-state index >= 15 is 0 Å². The third-order valence-corrected chi connectivity index (χ3v) is 7.79. The Morgan fingerprint density at radius 3 is 2.46 bits per heavy atom. The molecule has 0 fully saturated rings. The second-order valence-corrected chi connectivity index (χ2v) is 11.7. The first-order chi connectivity index (χ1) is 18.4. The number of ether oxygens (including phenoxy) is 2. The Labute approximate surface area is 238 Å². The van der Waals surface area contributed by atoms with E-state index in [9.17, 15) is 4.79 Å². The fourth-order valence-electron chi connectivity index (χ4n) is 4.90. The molecule has 0 saturated carbocycles. The number of nitrogens with two attached hydrogens (primary N) is 1. The van der Waals surface area contributed by atoms with E-state index in [4.69, 9.17) is 43.5 Å². The normalized spacial score (nSPS) is 18.2. The monoisotopic (exact) mass is 567 g/mol. The van der Waals surface area contributed by atoms with E-state index in [1.165, 1.54) is 0 Å². The Bertz CT molecular complexity index is 1480. The maximum Gasteiger partial charge on any atom is 0.270 e. The van der Waals surface area contributed by atoms with Crippen molar-refractivity contribution in [1.82, 2.24) is 9.88 Å². The van der Waals surface area contributed by atoms with Gasteiger partial charge in [0.2, 0.25) is 0 Å². The lowest BCUT2D eigenvalue weighted by Gasteiger charge is -2.36. The minimum absolute atomic E-state index is 0.160. The van der Waals surface area contributed by atoms with E-state index < -0.39 is 5.54 Å². The highest BCUT2D eigenvalue weighted by Crippen LogP contribution is 2.50. The number of aromatic nitrogens is 1. The van der Waals surface area contributed by atoms with E-state index in [1.54, 1.807) is 43.5 Å². The molecule has 39 heavy (non-hydrogen) atoms. The van der Waals surface area contributed by atoms with Gasteiger partial charge in [-0.2, -0.15) is 5.10 Å². The maximum absolute atomic E-state index is 13.7. The second kappa shape index (κ2) is 9.92. The smallest absolute Gasteiger partial charge is 0.270 e. The zero-order valence-electron chi connectivity index (χ0n) is 22.8. The summed E-state index contributed by atoms with van der Waals surface area (Å²) in [4.78, 5) is 19.8. The van der Waals surface area contributed by atoms with Gasteiger partial charge in [-0.3, -0.25) is 9.80 Å². The number of aryl methyl sites for hydroxylation is 1. The van der Waals surface area contributed by atoms with E-state index in [0.717, 1.165) is 22.3 Å². The van der Waals surface area contributed by atoms with Gasteiger partial charge >= 0.3 is 0 Å². The molecular formula is C29H31Cl2N5O3. The van der Waals surface area contributed by atoms with Crippen molar-refractivity contribution in [1.29, 1.82) is 0 Å². The molecule has 0 radical (unpaired) electrons. The van der Waals surface area contributed by atoms with E-state index in [1.807, 2.05) is 50.9 Å². The Balaban J connectivity index is 1.69. The number of rotatable bonds is 4. The third-order valence-electron chi connectivity index (χ3n) is 7.35. The number of fused-ring (bicyclic) bond motifs is 3. The minimum atomic E-state index is -0.393. The molecule has 0 aliphatic carbocycles. The van der Waals surface area contributed by atoms with Gasteiger partial charge in [0.15, 0.2) is 0 Å². The van der Waals surface area contributed by atoms with E-state index in [-0.39, 0.29) is 24.5 Å². The number of nitrogen functional groups attached to an aromatic ring is 1. The molecule has 8 nitrogen and oxygen atoms in total. The fourth-order valence-corrected chi connectivity index (χ4v) is 5.41. The Hall–Kier alpha value is -3.49. The molecule has 3 heterocycles. The summed E-state index contributed by atoms with van der Waals surface area (Å²) in [7, 11) is 3.41. The number of pyridine rings is 1. The number of hydrogen-bond acceptors (Lipinski definition) is 7. The number of nitrogens with zero attached hydrogens (tertiary/aromatic N) is 4. The number of amides is 1. The molecule has 2 atom stereocenters. The van der Waals surface area contributed by atoms with Gasteiger partial charge in [-0.15, -0.1) is 0 Å². The summed E-state index contributed by atoms with van der Waals surface area (Å²) in [5, 5.41) is 7.67. The highest BCUT2D eigenvalue weighted by molar-refractivity contribution is 6.41. The predicted octanol–water partition coefficient (Wildman–Crippen LogP) is 6.14.